The zero-order valence-electron chi connectivity index (χ0n) is 11.4. The molecule has 1 fully saturated rings. The molecular formula is C15H21ClN2O. The predicted molar refractivity (Wildman–Crippen MR) is 78.4 cm³/mol. The molecule has 0 spiro atoms. The van der Waals surface area contributed by atoms with Gasteiger partial charge >= 0.3 is 0 Å². The molecule has 4 heteroatoms. The van der Waals surface area contributed by atoms with E-state index in [1.807, 2.05) is 12.1 Å². The molecule has 2 rings (SSSR count). The summed E-state index contributed by atoms with van der Waals surface area (Å²) in [4.78, 5) is 13.8. The third kappa shape index (κ3) is 5.21. The summed E-state index contributed by atoms with van der Waals surface area (Å²) in [5.74, 6) is 0.895. The number of amides is 1. The Kier molecular flexibility index (Phi) is 5.23. The number of halogens is 1. The van der Waals surface area contributed by atoms with Crippen LogP contribution in [-0.2, 0) is 11.2 Å². The largest absolute Gasteiger partial charge is 0.358 e. The fourth-order valence-corrected chi connectivity index (χ4v) is 2.25. The van der Waals surface area contributed by atoms with Gasteiger partial charge in [-0.05, 0) is 42.9 Å². The fourth-order valence-electron chi connectivity index (χ4n) is 2.12. The molecule has 1 aromatic carbocycles. The molecule has 19 heavy (non-hydrogen) atoms. The van der Waals surface area contributed by atoms with Gasteiger partial charge in [-0.3, -0.25) is 9.69 Å². The van der Waals surface area contributed by atoms with Gasteiger partial charge in [0.15, 0.2) is 0 Å². The topological polar surface area (TPSA) is 32.3 Å². The summed E-state index contributed by atoms with van der Waals surface area (Å²) in [6.45, 7) is 2.47. The average molecular weight is 281 g/mol. The molecule has 1 saturated carbocycles. The zero-order valence-corrected chi connectivity index (χ0v) is 12.1. The maximum absolute atomic E-state index is 11.5. The molecule has 0 saturated heterocycles. The Bertz CT molecular complexity index is 415. The van der Waals surface area contributed by atoms with E-state index < -0.39 is 0 Å². The van der Waals surface area contributed by atoms with E-state index in [2.05, 4.69) is 22.3 Å². The summed E-state index contributed by atoms with van der Waals surface area (Å²) in [7, 11) is 1.69. The van der Waals surface area contributed by atoms with Crippen LogP contribution in [0.25, 0.3) is 0 Å². The lowest BCUT2D eigenvalue weighted by Crippen LogP contribution is -2.38. The van der Waals surface area contributed by atoms with Crippen LogP contribution in [0.2, 0.25) is 5.02 Å². The highest BCUT2D eigenvalue weighted by Crippen LogP contribution is 2.29. The maximum atomic E-state index is 11.5. The Morgan fingerprint density at radius 3 is 2.63 bits per heavy atom. The molecule has 0 bridgehead atoms. The van der Waals surface area contributed by atoms with E-state index in [0.717, 1.165) is 30.5 Å². The number of nitrogens with one attached hydrogen (secondary N) is 1. The number of hydrogen-bond acceptors (Lipinski definition) is 2. The molecule has 1 aliphatic carbocycles. The van der Waals surface area contributed by atoms with Crippen LogP contribution < -0.4 is 5.32 Å². The molecule has 0 unspecified atom stereocenters. The zero-order chi connectivity index (χ0) is 13.7. The molecule has 1 aliphatic rings. The lowest BCUT2D eigenvalue weighted by atomic mass is 10.1. The molecule has 3 nitrogen and oxygen atoms in total. The van der Waals surface area contributed by atoms with Crippen molar-refractivity contribution in [2.75, 3.05) is 26.7 Å². The van der Waals surface area contributed by atoms with Crippen molar-refractivity contribution < 1.29 is 4.79 Å². The van der Waals surface area contributed by atoms with Crippen LogP contribution in [-0.4, -0.2) is 37.5 Å². The number of carbonyl (C=O) groups is 1. The average Bonchev–Trinajstić information content (AvgIpc) is 3.21. The Labute approximate surface area is 119 Å². The van der Waals surface area contributed by atoms with Crippen molar-refractivity contribution in [3.63, 3.8) is 0 Å². The minimum Gasteiger partial charge on any atom is -0.358 e. The SMILES string of the molecule is CNC(=O)CN(CCc1ccc(Cl)cc1)CC1CC1. The normalized spacial score (nSPS) is 14.7. The van der Waals surface area contributed by atoms with Gasteiger partial charge in [-0.1, -0.05) is 23.7 Å². The van der Waals surface area contributed by atoms with Gasteiger partial charge in [-0.15, -0.1) is 0 Å². The number of likely N-dealkylation sites (N-methyl/N-ethyl adjacent to an activating group) is 1. The molecule has 0 atom stereocenters. The van der Waals surface area contributed by atoms with Gasteiger partial charge in [-0.25, -0.2) is 0 Å². The Balaban J connectivity index is 1.83. The van der Waals surface area contributed by atoms with E-state index in [1.54, 1.807) is 7.05 Å². The predicted octanol–water partition coefficient (Wildman–Crippen LogP) is 2.34. The van der Waals surface area contributed by atoms with Crippen molar-refractivity contribution in [2.45, 2.75) is 19.3 Å². The monoisotopic (exact) mass is 280 g/mol. The van der Waals surface area contributed by atoms with Crippen LogP contribution in [0.1, 0.15) is 18.4 Å². The van der Waals surface area contributed by atoms with Gasteiger partial charge in [0.2, 0.25) is 5.91 Å². The summed E-state index contributed by atoms with van der Waals surface area (Å²) in [5.41, 5.74) is 1.27. The van der Waals surface area contributed by atoms with Gasteiger partial charge in [0.05, 0.1) is 6.54 Å². The summed E-state index contributed by atoms with van der Waals surface area (Å²) < 4.78 is 0. The summed E-state index contributed by atoms with van der Waals surface area (Å²) in [5, 5.41) is 3.46. The molecule has 0 aromatic heterocycles. The van der Waals surface area contributed by atoms with E-state index in [4.69, 9.17) is 11.6 Å². The number of hydrogen-bond donors (Lipinski definition) is 1. The Morgan fingerprint density at radius 1 is 1.37 bits per heavy atom. The van der Waals surface area contributed by atoms with Crippen LogP contribution in [0.3, 0.4) is 0 Å². The van der Waals surface area contributed by atoms with Crippen LogP contribution >= 0.6 is 11.6 Å². The van der Waals surface area contributed by atoms with Crippen LogP contribution in [0, 0.1) is 5.92 Å². The van der Waals surface area contributed by atoms with Crippen molar-refractivity contribution >= 4 is 17.5 Å². The first-order chi connectivity index (χ1) is 9.17. The van der Waals surface area contributed by atoms with Crippen molar-refractivity contribution in [1.82, 2.24) is 10.2 Å². The van der Waals surface area contributed by atoms with Crippen LogP contribution in [0.5, 0.6) is 0 Å². The summed E-state index contributed by atoms with van der Waals surface area (Å²) >= 11 is 5.88. The lowest BCUT2D eigenvalue weighted by Gasteiger charge is -2.21. The number of carbonyl (C=O) groups excluding carboxylic acids is 1. The van der Waals surface area contributed by atoms with E-state index >= 15 is 0 Å². The van der Waals surface area contributed by atoms with Crippen LogP contribution in [0.15, 0.2) is 24.3 Å². The lowest BCUT2D eigenvalue weighted by molar-refractivity contribution is -0.121. The molecule has 0 radical (unpaired) electrons. The second kappa shape index (κ2) is 6.92. The molecule has 1 N–H and O–H groups in total. The van der Waals surface area contributed by atoms with E-state index in [9.17, 15) is 4.79 Å². The maximum Gasteiger partial charge on any atom is 0.233 e. The summed E-state index contributed by atoms with van der Waals surface area (Å²) in [6.07, 6.45) is 3.58. The number of benzene rings is 1. The molecule has 104 valence electrons. The van der Waals surface area contributed by atoms with Crippen molar-refractivity contribution in [1.29, 1.82) is 0 Å². The highest BCUT2D eigenvalue weighted by atomic mass is 35.5. The minimum absolute atomic E-state index is 0.0942. The second-order valence-electron chi connectivity index (χ2n) is 5.23. The highest BCUT2D eigenvalue weighted by molar-refractivity contribution is 6.30. The third-order valence-electron chi connectivity index (χ3n) is 3.49. The van der Waals surface area contributed by atoms with Gasteiger partial charge < -0.3 is 5.32 Å². The van der Waals surface area contributed by atoms with Gasteiger partial charge in [0.1, 0.15) is 0 Å². The molecule has 0 heterocycles. The Hall–Kier alpha value is -1.06. The number of nitrogens with zero attached hydrogens (tertiary/aromatic N) is 1. The smallest absolute Gasteiger partial charge is 0.233 e. The third-order valence-corrected chi connectivity index (χ3v) is 3.74. The Morgan fingerprint density at radius 2 is 2.05 bits per heavy atom. The van der Waals surface area contributed by atoms with Crippen LogP contribution in [0.4, 0.5) is 0 Å². The second-order valence-corrected chi connectivity index (χ2v) is 5.66. The molecule has 1 aromatic rings. The van der Waals surface area contributed by atoms with Crippen molar-refractivity contribution in [3.05, 3.63) is 34.9 Å². The first kappa shape index (κ1) is 14.4. The first-order valence-electron chi connectivity index (χ1n) is 6.85. The molecule has 0 aliphatic heterocycles. The van der Waals surface area contributed by atoms with Gasteiger partial charge in [-0.2, -0.15) is 0 Å². The van der Waals surface area contributed by atoms with Gasteiger partial charge in [0, 0.05) is 25.2 Å². The minimum atomic E-state index is 0.0942. The summed E-state index contributed by atoms with van der Waals surface area (Å²) in [6, 6.07) is 7.94. The number of rotatable bonds is 7. The van der Waals surface area contributed by atoms with E-state index in [0.29, 0.717) is 6.54 Å². The first-order valence-corrected chi connectivity index (χ1v) is 7.22. The van der Waals surface area contributed by atoms with E-state index in [1.165, 1.54) is 18.4 Å². The molecule has 1 amide bonds. The van der Waals surface area contributed by atoms with Gasteiger partial charge in [0.25, 0.3) is 0 Å². The van der Waals surface area contributed by atoms with Crippen molar-refractivity contribution in [2.24, 2.45) is 5.92 Å². The fraction of sp³-hybridized carbons (Fsp3) is 0.533. The van der Waals surface area contributed by atoms with E-state index in [-0.39, 0.29) is 5.91 Å². The highest BCUT2D eigenvalue weighted by Gasteiger charge is 2.24. The van der Waals surface area contributed by atoms with Crippen molar-refractivity contribution in [3.8, 4) is 0 Å². The standard InChI is InChI=1S/C15H21ClN2O/c1-17-15(19)11-18(10-13-2-3-13)9-8-12-4-6-14(16)7-5-12/h4-7,13H,2-3,8-11H2,1H3,(H,17,19). The molecular weight excluding hydrogens is 260 g/mol. The quantitative estimate of drug-likeness (QED) is 0.831.